The molecule has 0 aliphatic carbocycles. The Hall–Kier alpha value is -1.35. The van der Waals surface area contributed by atoms with E-state index < -0.39 is 5.97 Å². The third-order valence-electron chi connectivity index (χ3n) is 3.07. The van der Waals surface area contributed by atoms with Crippen LogP contribution in [0.2, 0.25) is 0 Å². The predicted octanol–water partition coefficient (Wildman–Crippen LogP) is 3.02. The monoisotopic (exact) mass is 250 g/mol. The van der Waals surface area contributed by atoms with Crippen molar-refractivity contribution < 1.29 is 14.6 Å². The van der Waals surface area contributed by atoms with Crippen molar-refractivity contribution in [1.29, 1.82) is 0 Å². The van der Waals surface area contributed by atoms with Crippen LogP contribution in [0.3, 0.4) is 0 Å². The average Bonchev–Trinajstić information content (AvgIpc) is 2.29. The van der Waals surface area contributed by atoms with Crippen molar-refractivity contribution in [3.05, 3.63) is 35.4 Å². The van der Waals surface area contributed by atoms with Gasteiger partial charge in [0.25, 0.3) is 0 Å². The van der Waals surface area contributed by atoms with Gasteiger partial charge in [-0.15, -0.1) is 0 Å². The Kier molecular flexibility index (Phi) is 5.35. The van der Waals surface area contributed by atoms with Gasteiger partial charge in [0.05, 0.1) is 6.61 Å². The molecule has 18 heavy (non-hydrogen) atoms. The Morgan fingerprint density at radius 2 is 2.11 bits per heavy atom. The van der Waals surface area contributed by atoms with Crippen molar-refractivity contribution in [2.75, 3.05) is 13.7 Å². The summed E-state index contributed by atoms with van der Waals surface area (Å²) in [5.41, 5.74) is 2.41. The lowest BCUT2D eigenvalue weighted by atomic mass is 9.84. The second-order valence-corrected chi connectivity index (χ2v) is 5.26. The number of rotatable bonds is 7. The van der Waals surface area contributed by atoms with Crippen LogP contribution in [0, 0.1) is 0 Å². The molecule has 0 unspecified atom stereocenters. The Balaban J connectivity index is 2.70. The molecule has 0 fully saturated rings. The van der Waals surface area contributed by atoms with E-state index in [2.05, 4.69) is 26.0 Å². The molecule has 0 saturated heterocycles. The van der Waals surface area contributed by atoms with Crippen LogP contribution in [0.5, 0.6) is 0 Å². The number of hydrogen-bond acceptors (Lipinski definition) is 2. The Morgan fingerprint density at radius 1 is 1.39 bits per heavy atom. The van der Waals surface area contributed by atoms with Gasteiger partial charge in [0.15, 0.2) is 0 Å². The number of aryl methyl sites for hydroxylation is 1. The molecule has 0 radical (unpaired) electrons. The second-order valence-electron chi connectivity index (χ2n) is 5.26. The van der Waals surface area contributed by atoms with E-state index in [1.54, 1.807) is 7.11 Å². The van der Waals surface area contributed by atoms with E-state index in [4.69, 9.17) is 9.84 Å². The molecule has 0 amide bonds. The zero-order valence-electron chi connectivity index (χ0n) is 11.4. The van der Waals surface area contributed by atoms with Crippen molar-refractivity contribution in [2.24, 2.45) is 0 Å². The molecule has 1 aromatic rings. The van der Waals surface area contributed by atoms with E-state index in [1.165, 1.54) is 11.1 Å². The van der Waals surface area contributed by atoms with Crippen LogP contribution in [0.1, 0.15) is 37.8 Å². The second kappa shape index (κ2) is 6.55. The number of carboxylic acids is 1. The van der Waals surface area contributed by atoms with Gasteiger partial charge in [-0.2, -0.15) is 0 Å². The number of carboxylic acid groups (broad SMARTS) is 1. The smallest absolute Gasteiger partial charge is 0.303 e. The minimum absolute atomic E-state index is 0.0163. The summed E-state index contributed by atoms with van der Waals surface area (Å²) in [4.78, 5) is 10.5. The first-order valence-electron chi connectivity index (χ1n) is 6.26. The first-order valence-corrected chi connectivity index (χ1v) is 6.26. The first-order chi connectivity index (χ1) is 8.45. The molecule has 0 aromatic heterocycles. The zero-order valence-corrected chi connectivity index (χ0v) is 11.4. The normalized spacial score (nSPS) is 11.5. The van der Waals surface area contributed by atoms with Gasteiger partial charge in [-0.3, -0.25) is 4.79 Å². The Bertz CT molecular complexity index is 396. The maximum absolute atomic E-state index is 10.5. The van der Waals surface area contributed by atoms with Crippen LogP contribution < -0.4 is 0 Å². The number of ether oxygens (including phenoxy) is 1. The summed E-state index contributed by atoms with van der Waals surface area (Å²) in [6.45, 7) is 4.96. The quantitative estimate of drug-likeness (QED) is 0.809. The Labute approximate surface area is 109 Å². The molecule has 3 nitrogen and oxygen atoms in total. The van der Waals surface area contributed by atoms with Gasteiger partial charge in [0.1, 0.15) is 0 Å². The minimum Gasteiger partial charge on any atom is -0.481 e. The highest BCUT2D eigenvalue weighted by atomic mass is 16.5. The molecular weight excluding hydrogens is 228 g/mol. The highest BCUT2D eigenvalue weighted by Gasteiger charge is 2.20. The minimum atomic E-state index is -0.731. The third-order valence-corrected chi connectivity index (χ3v) is 3.07. The van der Waals surface area contributed by atoms with Crippen molar-refractivity contribution >= 4 is 5.97 Å². The number of hydrogen-bond donors (Lipinski definition) is 1. The molecule has 0 heterocycles. The third kappa shape index (κ3) is 4.49. The summed E-state index contributed by atoms with van der Waals surface area (Å²) >= 11 is 0. The summed E-state index contributed by atoms with van der Waals surface area (Å²) in [5, 5.41) is 8.63. The van der Waals surface area contributed by atoms with E-state index in [9.17, 15) is 4.79 Å². The molecule has 1 N–H and O–H groups in total. The molecule has 0 spiro atoms. The van der Waals surface area contributed by atoms with E-state index in [0.29, 0.717) is 13.0 Å². The van der Waals surface area contributed by atoms with Gasteiger partial charge < -0.3 is 9.84 Å². The van der Waals surface area contributed by atoms with Gasteiger partial charge in [-0.25, -0.2) is 0 Å². The highest BCUT2D eigenvalue weighted by molar-refractivity contribution is 5.66. The number of methoxy groups -OCH3 is 1. The van der Waals surface area contributed by atoms with Gasteiger partial charge in [0.2, 0.25) is 0 Å². The standard InChI is InChI=1S/C15H22O3/c1-15(2,11-18-3)13-8-4-6-12(10-13)7-5-9-14(16)17/h4,6,8,10H,5,7,9,11H2,1-3H3,(H,16,17). The SMILES string of the molecule is COCC(C)(C)c1cccc(CCCC(=O)O)c1. The van der Waals surface area contributed by atoms with Gasteiger partial charge >= 0.3 is 5.97 Å². The largest absolute Gasteiger partial charge is 0.481 e. The van der Waals surface area contributed by atoms with Crippen LogP contribution in [0.4, 0.5) is 0 Å². The number of aliphatic carboxylic acids is 1. The molecule has 0 atom stereocenters. The van der Waals surface area contributed by atoms with Crippen molar-refractivity contribution in [3.8, 4) is 0 Å². The van der Waals surface area contributed by atoms with E-state index in [1.807, 2.05) is 12.1 Å². The maximum Gasteiger partial charge on any atom is 0.303 e. The first kappa shape index (κ1) is 14.7. The molecular formula is C15H22O3. The van der Waals surface area contributed by atoms with Crippen LogP contribution in [-0.4, -0.2) is 24.8 Å². The lowest BCUT2D eigenvalue weighted by Crippen LogP contribution is -2.23. The van der Waals surface area contributed by atoms with Gasteiger partial charge in [-0.05, 0) is 24.0 Å². The topological polar surface area (TPSA) is 46.5 Å². The molecule has 0 aliphatic heterocycles. The van der Waals surface area contributed by atoms with E-state index >= 15 is 0 Å². The Morgan fingerprint density at radius 3 is 2.72 bits per heavy atom. The fourth-order valence-corrected chi connectivity index (χ4v) is 2.04. The van der Waals surface area contributed by atoms with Crippen molar-refractivity contribution in [2.45, 2.75) is 38.5 Å². The summed E-state index contributed by atoms with van der Waals surface area (Å²) in [6.07, 6.45) is 1.72. The zero-order chi connectivity index (χ0) is 13.6. The highest BCUT2D eigenvalue weighted by Crippen LogP contribution is 2.24. The predicted molar refractivity (Wildman–Crippen MR) is 71.9 cm³/mol. The molecule has 0 saturated carbocycles. The summed E-state index contributed by atoms with van der Waals surface area (Å²) in [5.74, 6) is -0.731. The molecule has 1 rings (SSSR count). The van der Waals surface area contributed by atoms with Gasteiger partial charge in [0, 0.05) is 18.9 Å². The van der Waals surface area contributed by atoms with Crippen molar-refractivity contribution in [3.63, 3.8) is 0 Å². The fraction of sp³-hybridized carbons (Fsp3) is 0.533. The lowest BCUT2D eigenvalue weighted by Gasteiger charge is -2.24. The van der Waals surface area contributed by atoms with Crippen LogP contribution in [0.15, 0.2) is 24.3 Å². The lowest BCUT2D eigenvalue weighted by molar-refractivity contribution is -0.137. The molecule has 0 aliphatic rings. The summed E-state index contributed by atoms with van der Waals surface area (Å²) in [6, 6.07) is 8.33. The molecule has 1 aromatic carbocycles. The fourth-order valence-electron chi connectivity index (χ4n) is 2.04. The van der Waals surface area contributed by atoms with E-state index in [-0.39, 0.29) is 11.8 Å². The van der Waals surface area contributed by atoms with Crippen LogP contribution >= 0.6 is 0 Å². The number of carbonyl (C=O) groups is 1. The van der Waals surface area contributed by atoms with Crippen LogP contribution in [0.25, 0.3) is 0 Å². The van der Waals surface area contributed by atoms with Gasteiger partial charge in [-0.1, -0.05) is 38.1 Å². The summed E-state index contributed by atoms with van der Waals surface area (Å²) in [7, 11) is 1.71. The summed E-state index contributed by atoms with van der Waals surface area (Å²) < 4.78 is 5.24. The molecule has 3 heteroatoms. The average molecular weight is 250 g/mol. The van der Waals surface area contributed by atoms with E-state index in [0.717, 1.165) is 6.42 Å². The number of benzene rings is 1. The molecule has 100 valence electrons. The maximum atomic E-state index is 10.5. The molecule has 0 bridgehead atoms. The van der Waals surface area contributed by atoms with Crippen molar-refractivity contribution in [1.82, 2.24) is 0 Å². The van der Waals surface area contributed by atoms with Crippen LogP contribution in [-0.2, 0) is 21.4 Å².